The molecule has 1 fully saturated rings. The molecule has 2 unspecified atom stereocenters. The summed E-state index contributed by atoms with van der Waals surface area (Å²) in [6, 6.07) is 9.67. The summed E-state index contributed by atoms with van der Waals surface area (Å²) in [5.74, 6) is 0. The summed E-state index contributed by atoms with van der Waals surface area (Å²) in [7, 11) is 0. The Morgan fingerprint density at radius 1 is 1.39 bits per heavy atom. The van der Waals surface area contributed by atoms with Crippen LogP contribution in [0.25, 0.3) is 0 Å². The van der Waals surface area contributed by atoms with E-state index >= 15 is 0 Å². The minimum absolute atomic E-state index is 0.685. The second-order valence-corrected chi connectivity index (χ2v) is 5.41. The van der Waals surface area contributed by atoms with Crippen LogP contribution in [0.15, 0.2) is 18.2 Å². The first kappa shape index (κ1) is 13.1. The summed E-state index contributed by atoms with van der Waals surface area (Å²) < 4.78 is 0. The zero-order valence-electron chi connectivity index (χ0n) is 11.6. The first-order chi connectivity index (χ1) is 8.65. The van der Waals surface area contributed by atoms with Crippen LogP contribution in [0.1, 0.15) is 49.8 Å². The summed E-state index contributed by atoms with van der Waals surface area (Å²) in [5.41, 5.74) is 3.36. The molecule has 0 bridgehead atoms. The number of nitriles is 1. The van der Waals surface area contributed by atoms with E-state index in [0.717, 1.165) is 18.2 Å². The largest absolute Gasteiger partial charge is 0.293 e. The van der Waals surface area contributed by atoms with Crippen LogP contribution >= 0.6 is 0 Å². The lowest BCUT2D eigenvalue weighted by atomic mass is 10.0. The number of nitrogens with zero attached hydrogens (tertiary/aromatic N) is 2. The van der Waals surface area contributed by atoms with Gasteiger partial charge in [-0.05, 0) is 56.4 Å². The highest BCUT2D eigenvalue weighted by molar-refractivity contribution is 5.37. The Hall–Kier alpha value is -1.33. The summed E-state index contributed by atoms with van der Waals surface area (Å²) in [5, 5.41) is 8.90. The van der Waals surface area contributed by atoms with Crippen LogP contribution in [-0.2, 0) is 6.54 Å². The van der Waals surface area contributed by atoms with Crippen molar-refractivity contribution in [3.8, 4) is 6.07 Å². The molecule has 0 N–H and O–H groups in total. The van der Waals surface area contributed by atoms with Gasteiger partial charge in [-0.25, -0.2) is 0 Å². The number of aryl methyl sites for hydroxylation is 1. The molecular formula is C16H22N2. The van der Waals surface area contributed by atoms with Crippen molar-refractivity contribution in [1.82, 2.24) is 4.90 Å². The minimum atomic E-state index is 0.685. The average molecular weight is 242 g/mol. The van der Waals surface area contributed by atoms with Gasteiger partial charge in [-0.1, -0.05) is 13.0 Å². The van der Waals surface area contributed by atoms with E-state index in [1.807, 2.05) is 12.1 Å². The van der Waals surface area contributed by atoms with E-state index in [2.05, 4.69) is 37.8 Å². The highest BCUT2D eigenvalue weighted by Gasteiger charge is 2.29. The third-order valence-electron chi connectivity index (χ3n) is 4.25. The molecule has 0 spiro atoms. The lowest BCUT2D eigenvalue weighted by molar-refractivity contribution is 0.189. The Balaban J connectivity index is 2.16. The van der Waals surface area contributed by atoms with Gasteiger partial charge in [0, 0.05) is 18.6 Å². The van der Waals surface area contributed by atoms with Gasteiger partial charge < -0.3 is 0 Å². The number of rotatable bonds is 3. The van der Waals surface area contributed by atoms with E-state index in [1.54, 1.807) is 0 Å². The molecule has 1 aromatic carbocycles. The zero-order valence-corrected chi connectivity index (χ0v) is 11.6. The average Bonchev–Trinajstić information content (AvgIpc) is 2.73. The SMILES string of the molecule is CCC1CCC(C)N1Cc1ccc(C#N)cc1C. The fraction of sp³-hybridized carbons (Fsp3) is 0.562. The molecule has 0 radical (unpaired) electrons. The molecular weight excluding hydrogens is 220 g/mol. The van der Waals surface area contributed by atoms with Crippen LogP contribution in [-0.4, -0.2) is 17.0 Å². The molecule has 0 aliphatic carbocycles. The Morgan fingerprint density at radius 2 is 2.17 bits per heavy atom. The quantitative estimate of drug-likeness (QED) is 0.809. The molecule has 0 aromatic heterocycles. The van der Waals surface area contributed by atoms with E-state index < -0.39 is 0 Å². The molecule has 1 saturated heterocycles. The third kappa shape index (κ3) is 2.57. The summed E-state index contributed by atoms with van der Waals surface area (Å²) >= 11 is 0. The molecule has 2 atom stereocenters. The Kier molecular flexibility index (Phi) is 4.04. The highest BCUT2D eigenvalue weighted by Crippen LogP contribution is 2.28. The van der Waals surface area contributed by atoms with Gasteiger partial charge in [0.1, 0.15) is 0 Å². The minimum Gasteiger partial charge on any atom is -0.293 e. The number of hydrogen-bond acceptors (Lipinski definition) is 2. The molecule has 1 aliphatic rings. The van der Waals surface area contributed by atoms with Crippen LogP contribution in [0, 0.1) is 18.3 Å². The Bertz CT molecular complexity index is 459. The molecule has 1 heterocycles. The van der Waals surface area contributed by atoms with Crippen molar-refractivity contribution in [2.75, 3.05) is 0 Å². The van der Waals surface area contributed by atoms with Crippen molar-refractivity contribution in [3.05, 3.63) is 34.9 Å². The van der Waals surface area contributed by atoms with Crippen molar-refractivity contribution in [1.29, 1.82) is 5.26 Å². The van der Waals surface area contributed by atoms with Crippen molar-refractivity contribution in [2.45, 2.75) is 58.7 Å². The lowest BCUT2D eigenvalue weighted by Crippen LogP contribution is -2.33. The molecule has 2 heteroatoms. The molecule has 1 aliphatic heterocycles. The number of hydrogen-bond donors (Lipinski definition) is 0. The fourth-order valence-corrected chi connectivity index (χ4v) is 2.99. The maximum Gasteiger partial charge on any atom is 0.0991 e. The van der Waals surface area contributed by atoms with Crippen LogP contribution in [0.2, 0.25) is 0 Å². The van der Waals surface area contributed by atoms with Crippen molar-refractivity contribution in [2.24, 2.45) is 0 Å². The molecule has 96 valence electrons. The van der Waals surface area contributed by atoms with Gasteiger partial charge in [0.2, 0.25) is 0 Å². The van der Waals surface area contributed by atoms with Crippen LogP contribution < -0.4 is 0 Å². The summed E-state index contributed by atoms with van der Waals surface area (Å²) in [6.07, 6.45) is 3.88. The molecule has 0 saturated carbocycles. The monoisotopic (exact) mass is 242 g/mol. The topological polar surface area (TPSA) is 27.0 Å². The van der Waals surface area contributed by atoms with Crippen molar-refractivity contribution < 1.29 is 0 Å². The fourth-order valence-electron chi connectivity index (χ4n) is 2.99. The zero-order chi connectivity index (χ0) is 13.1. The van der Waals surface area contributed by atoms with Gasteiger partial charge in [0.05, 0.1) is 11.6 Å². The van der Waals surface area contributed by atoms with Crippen molar-refractivity contribution in [3.63, 3.8) is 0 Å². The smallest absolute Gasteiger partial charge is 0.0991 e. The van der Waals surface area contributed by atoms with E-state index in [9.17, 15) is 0 Å². The van der Waals surface area contributed by atoms with E-state index in [0.29, 0.717) is 6.04 Å². The maximum absolute atomic E-state index is 8.90. The van der Waals surface area contributed by atoms with Gasteiger partial charge in [-0.15, -0.1) is 0 Å². The van der Waals surface area contributed by atoms with Gasteiger partial charge in [0.25, 0.3) is 0 Å². The first-order valence-corrected chi connectivity index (χ1v) is 6.91. The van der Waals surface area contributed by atoms with Gasteiger partial charge in [-0.2, -0.15) is 5.26 Å². The lowest BCUT2D eigenvalue weighted by Gasteiger charge is -2.28. The van der Waals surface area contributed by atoms with Crippen LogP contribution in [0.3, 0.4) is 0 Å². The first-order valence-electron chi connectivity index (χ1n) is 6.91. The number of likely N-dealkylation sites (tertiary alicyclic amines) is 1. The second-order valence-electron chi connectivity index (χ2n) is 5.41. The van der Waals surface area contributed by atoms with E-state index in [-0.39, 0.29) is 0 Å². The third-order valence-corrected chi connectivity index (χ3v) is 4.25. The van der Waals surface area contributed by atoms with E-state index in [1.165, 1.54) is 30.4 Å². The molecule has 1 aromatic rings. The Morgan fingerprint density at radius 3 is 2.78 bits per heavy atom. The van der Waals surface area contributed by atoms with E-state index in [4.69, 9.17) is 5.26 Å². The van der Waals surface area contributed by atoms with Crippen LogP contribution in [0.4, 0.5) is 0 Å². The van der Waals surface area contributed by atoms with Gasteiger partial charge in [-0.3, -0.25) is 4.90 Å². The standard InChI is InChI=1S/C16H22N2/c1-4-16-8-5-13(3)18(16)11-15-7-6-14(10-17)9-12(15)2/h6-7,9,13,16H,4-5,8,11H2,1-3H3. The van der Waals surface area contributed by atoms with Gasteiger partial charge in [0.15, 0.2) is 0 Å². The van der Waals surface area contributed by atoms with Gasteiger partial charge >= 0.3 is 0 Å². The summed E-state index contributed by atoms with van der Waals surface area (Å²) in [4.78, 5) is 2.62. The maximum atomic E-state index is 8.90. The predicted octanol–water partition coefficient (Wildman–Crippen LogP) is 3.63. The summed E-state index contributed by atoms with van der Waals surface area (Å²) in [6.45, 7) is 7.74. The van der Waals surface area contributed by atoms with Crippen molar-refractivity contribution >= 4 is 0 Å². The number of benzene rings is 1. The predicted molar refractivity (Wildman–Crippen MR) is 74.2 cm³/mol. The highest BCUT2D eigenvalue weighted by atomic mass is 15.2. The molecule has 2 nitrogen and oxygen atoms in total. The molecule has 0 amide bonds. The normalized spacial score (nSPS) is 24.1. The molecule has 2 rings (SSSR count). The molecule has 18 heavy (non-hydrogen) atoms. The Labute approximate surface area is 110 Å². The second kappa shape index (κ2) is 5.54. The van der Waals surface area contributed by atoms with Crippen LogP contribution in [0.5, 0.6) is 0 Å².